The molecule has 0 bridgehead atoms. The van der Waals surface area contributed by atoms with Crippen molar-refractivity contribution in [1.82, 2.24) is 20.1 Å². The summed E-state index contributed by atoms with van der Waals surface area (Å²) in [6.45, 7) is 5.90. The number of carbonyl (C=O) groups excluding carboxylic acids is 1. The van der Waals surface area contributed by atoms with Crippen LogP contribution in [0.25, 0.3) is 0 Å². The van der Waals surface area contributed by atoms with Crippen molar-refractivity contribution in [3.63, 3.8) is 0 Å². The van der Waals surface area contributed by atoms with Crippen molar-refractivity contribution in [1.29, 1.82) is 0 Å². The van der Waals surface area contributed by atoms with E-state index in [-0.39, 0.29) is 23.4 Å². The van der Waals surface area contributed by atoms with Crippen molar-refractivity contribution in [3.8, 4) is 5.75 Å². The van der Waals surface area contributed by atoms with Crippen molar-refractivity contribution in [2.24, 2.45) is 7.05 Å². The van der Waals surface area contributed by atoms with Gasteiger partial charge in [-0.15, -0.1) is 0 Å². The van der Waals surface area contributed by atoms with Gasteiger partial charge in [0, 0.05) is 24.5 Å². The fraction of sp³-hybridized carbons (Fsp3) is 0.400. The second-order valence-corrected chi connectivity index (χ2v) is 5.01. The molecule has 112 valence electrons. The lowest BCUT2D eigenvalue weighted by molar-refractivity contribution is 0.0927. The molecular formula is C15H20N4O2. The number of aromatic hydroxyl groups is 1. The molecule has 0 saturated heterocycles. The van der Waals surface area contributed by atoms with E-state index in [2.05, 4.69) is 15.4 Å². The van der Waals surface area contributed by atoms with Crippen LogP contribution in [0.15, 0.2) is 18.3 Å². The van der Waals surface area contributed by atoms with E-state index in [9.17, 15) is 9.90 Å². The van der Waals surface area contributed by atoms with E-state index in [4.69, 9.17) is 0 Å². The summed E-state index contributed by atoms with van der Waals surface area (Å²) in [7, 11) is 1.88. The van der Waals surface area contributed by atoms with Crippen LogP contribution in [0.1, 0.15) is 46.8 Å². The fourth-order valence-corrected chi connectivity index (χ4v) is 2.47. The zero-order valence-electron chi connectivity index (χ0n) is 12.7. The van der Waals surface area contributed by atoms with Gasteiger partial charge in [-0.05, 0) is 32.4 Å². The van der Waals surface area contributed by atoms with Gasteiger partial charge in [-0.25, -0.2) is 4.98 Å². The normalized spacial score (nSPS) is 12.2. The third-order valence-corrected chi connectivity index (χ3v) is 3.63. The van der Waals surface area contributed by atoms with Crippen molar-refractivity contribution < 1.29 is 9.90 Å². The number of aryl methyl sites for hydroxylation is 2. The van der Waals surface area contributed by atoms with Gasteiger partial charge in [0.25, 0.3) is 5.91 Å². The van der Waals surface area contributed by atoms with Crippen LogP contribution in [-0.4, -0.2) is 25.8 Å². The average molecular weight is 288 g/mol. The van der Waals surface area contributed by atoms with E-state index in [0.29, 0.717) is 0 Å². The summed E-state index contributed by atoms with van der Waals surface area (Å²) < 4.78 is 1.80. The number of carbonyl (C=O) groups is 1. The highest BCUT2D eigenvalue weighted by Gasteiger charge is 2.22. The minimum absolute atomic E-state index is 0.0372. The Hall–Kier alpha value is -2.37. The van der Waals surface area contributed by atoms with Gasteiger partial charge in [0.2, 0.25) is 0 Å². The number of nitrogens with zero attached hydrogens (tertiary/aromatic N) is 3. The van der Waals surface area contributed by atoms with Crippen LogP contribution < -0.4 is 5.32 Å². The maximum atomic E-state index is 12.3. The van der Waals surface area contributed by atoms with E-state index in [1.807, 2.05) is 27.8 Å². The predicted molar refractivity (Wildman–Crippen MR) is 79.1 cm³/mol. The number of pyridine rings is 1. The van der Waals surface area contributed by atoms with Gasteiger partial charge in [0.1, 0.15) is 5.75 Å². The molecule has 2 heterocycles. The summed E-state index contributed by atoms with van der Waals surface area (Å²) in [6, 6.07) is 2.87. The molecular weight excluding hydrogens is 268 g/mol. The number of hydrogen-bond donors (Lipinski definition) is 2. The third-order valence-electron chi connectivity index (χ3n) is 3.63. The van der Waals surface area contributed by atoms with Gasteiger partial charge in [0.15, 0.2) is 5.69 Å². The summed E-state index contributed by atoms with van der Waals surface area (Å²) in [5.41, 5.74) is 2.97. The molecule has 21 heavy (non-hydrogen) atoms. The minimum Gasteiger partial charge on any atom is -0.505 e. The molecule has 0 saturated carbocycles. The van der Waals surface area contributed by atoms with Crippen LogP contribution in [0, 0.1) is 13.8 Å². The fourth-order valence-electron chi connectivity index (χ4n) is 2.47. The number of hydrogen-bond acceptors (Lipinski definition) is 4. The van der Waals surface area contributed by atoms with Crippen molar-refractivity contribution in [2.75, 3.05) is 0 Å². The van der Waals surface area contributed by atoms with Crippen molar-refractivity contribution >= 4 is 5.91 Å². The molecule has 1 unspecified atom stereocenters. The molecule has 2 rings (SSSR count). The molecule has 0 fully saturated rings. The topological polar surface area (TPSA) is 80.0 Å². The lowest BCUT2D eigenvalue weighted by Gasteiger charge is -2.18. The minimum atomic E-state index is -0.386. The SMILES string of the molecule is CCC(NC(=O)c1ncccc1O)c1c(C)nn(C)c1C. The second-order valence-electron chi connectivity index (χ2n) is 5.01. The first-order valence-electron chi connectivity index (χ1n) is 6.90. The Kier molecular flexibility index (Phi) is 4.26. The van der Waals surface area contributed by atoms with Gasteiger partial charge < -0.3 is 10.4 Å². The van der Waals surface area contributed by atoms with E-state index in [1.165, 1.54) is 12.3 Å². The van der Waals surface area contributed by atoms with Crippen LogP contribution in [0.2, 0.25) is 0 Å². The van der Waals surface area contributed by atoms with Crippen LogP contribution in [-0.2, 0) is 7.05 Å². The van der Waals surface area contributed by atoms with Gasteiger partial charge in [-0.3, -0.25) is 9.48 Å². The smallest absolute Gasteiger partial charge is 0.274 e. The first-order valence-corrected chi connectivity index (χ1v) is 6.90. The second kappa shape index (κ2) is 5.95. The molecule has 2 N–H and O–H groups in total. The molecule has 0 aliphatic carbocycles. The van der Waals surface area contributed by atoms with E-state index in [0.717, 1.165) is 23.4 Å². The molecule has 0 aliphatic rings. The molecule has 0 aliphatic heterocycles. The lowest BCUT2D eigenvalue weighted by Crippen LogP contribution is -2.29. The monoisotopic (exact) mass is 288 g/mol. The molecule has 0 spiro atoms. The Morgan fingerprint density at radius 1 is 1.48 bits per heavy atom. The summed E-state index contributed by atoms with van der Waals surface area (Å²) in [5, 5.41) is 17.0. The largest absolute Gasteiger partial charge is 0.505 e. The quantitative estimate of drug-likeness (QED) is 0.902. The maximum Gasteiger partial charge on any atom is 0.274 e. The van der Waals surface area contributed by atoms with Crippen LogP contribution in [0.4, 0.5) is 0 Å². The van der Waals surface area contributed by atoms with Gasteiger partial charge >= 0.3 is 0 Å². The Bertz CT molecular complexity index is 664. The molecule has 0 aromatic carbocycles. The van der Waals surface area contributed by atoms with Crippen molar-refractivity contribution in [3.05, 3.63) is 41.0 Å². The molecule has 6 heteroatoms. The van der Waals surface area contributed by atoms with E-state index >= 15 is 0 Å². The molecule has 2 aromatic heterocycles. The van der Waals surface area contributed by atoms with Crippen molar-refractivity contribution in [2.45, 2.75) is 33.2 Å². The zero-order valence-corrected chi connectivity index (χ0v) is 12.7. The first kappa shape index (κ1) is 15.0. The highest BCUT2D eigenvalue weighted by Crippen LogP contribution is 2.24. The summed E-state index contributed by atoms with van der Waals surface area (Å²) in [4.78, 5) is 16.2. The van der Waals surface area contributed by atoms with Gasteiger partial charge in [-0.2, -0.15) is 5.10 Å². The number of aromatic nitrogens is 3. The maximum absolute atomic E-state index is 12.3. The zero-order chi connectivity index (χ0) is 15.6. The standard InChI is InChI=1S/C15H20N4O2/c1-5-11(13-9(2)18-19(4)10(13)3)17-15(21)14-12(20)7-6-8-16-14/h6-8,11,20H,5H2,1-4H3,(H,17,21). The van der Waals surface area contributed by atoms with Crippen LogP contribution >= 0.6 is 0 Å². The number of rotatable bonds is 4. The lowest BCUT2D eigenvalue weighted by atomic mass is 10.0. The number of amides is 1. The van der Waals surface area contributed by atoms with Crippen LogP contribution in [0.5, 0.6) is 5.75 Å². The predicted octanol–water partition coefficient (Wildman–Crippen LogP) is 2.02. The van der Waals surface area contributed by atoms with Gasteiger partial charge in [-0.1, -0.05) is 6.92 Å². The van der Waals surface area contributed by atoms with E-state index < -0.39 is 0 Å². The molecule has 2 aromatic rings. The molecule has 6 nitrogen and oxygen atoms in total. The van der Waals surface area contributed by atoms with Gasteiger partial charge in [0.05, 0.1) is 11.7 Å². The molecule has 1 atom stereocenters. The Labute approximate surface area is 123 Å². The van der Waals surface area contributed by atoms with E-state index in [1.54, 1.807) is 10.7 Å². The highest BCUT2D eigenvalue weighted by molar-refractivity contribution is 5.95. The Morgan fingerprint density at radius 3 is 2.71 bits per heavy atom. The Morgan fingerprint density at radius 2 is 2.19 bits per heavy atom. The number of nitrogens with one attached hydrogen (secondary N) is 1. The summed E-state index contributed by atoms with van der Waals surface area (Å²) >= 11 is 0. The first-order chi connectivity index (χ1) is 9.95. The average Bonchev–Trinajstić information content (AvgIpc) is 2.70. The summed E-state index contributed by atoms with van der Waals surface area (Å²) in [5.74, 6) is -0.507. The summed E-state index contributed by atoms with van der Waals surface area (Å²) in [6.07, 6.45) is 2.21. The Balaban J connectivity index is 2.28. The molecule has 0 radical (unpaired) electrons. The third kappa shape index (κ3) is 2.89. The van der Waals surface area contributed by atoms with Crippen LogP contribution in [0.3, 0.4) is 0 Å². The molecule has 1 amide bonds. The highest BCUT2D eigenvalue weighted by atomic mass is 16.3.